The molecule has 4 aromatic rings. The molecule has 0 aliphatic rings. The third-order valence-corrected chi connectivity index (χ3v) is 5.11. The molecule has 0 unspecified atom stereocenters. The summed E-state index contributed by atoms with van der Waals surface area (Å²) in [5.41, 5.74) is 2.80. The zero-order valence-electron chi connectivity index (χ0n) is 17.1. The fraction of sp³-hybridized carbons (Fsp3) is 0.130. The van der Waals surface area contributed by atoms with Crippen molar-refractivity contribution in [2.45, 2.75) is 20.1 Å². The first-order valence-electron chi connectivity index (χ1n) is 9.68. The fourth-order valence-corrected chi connectivity index (χ4v) is 3.71. The summed E-state index contributed by atoms with van der Waals surface area (Å²) in [5, 5.41) is 22.8. The van der Waals surface area contributed by atoms with E-state index >= 15 is 0 Å². The first kappa shape index (κ1) is 20.8. The SMILES string of the molecule is Cc1c(-c2ccnn2-c2ccc(C#N)cc2)n(CC(=O)O)c(=O)n1-c1cccc(CF)c1. The number of hydrogen-bond acceptors (Lipinski definition) is 4. The third kappa shape index (κ3) is 3.58. The summed E-state index contributed by atoms with van der Waals surface area (Å²) in [4.78, 5) is 24.8. The van der Waals surface area contributed by atoms with Gasteiger partial charge in [0, 0.05) is 0 Å². The number of nitrogens with zero attached hydrogens (tertiary/aromatic N) is 5. The topological polar surface area (TPSA) is 106 Å². The summed E-state index contributed by atoms with van der Waals surface area (Å²) in [7, 11) is 0. The van der Waals surface area contributed by atoms with Crippen LogP contribution < -0.4 is 5.69 Å². The highest BCUT2D eigenvalue weighted by Crippen LogP contribution is 2.27. The van der Waals surface area contributed by atoms with E-state index in [2.05, 4.69) is 11.2 Å². The standard InChI is InChI=1S/C23H18FN5O3/c1-15-22(20-9-10-26-29(20)18-7-5-16(13-25)6-8-18)27(14-21(30)31)23(32)28(15)19-4-2-3-17(11-19)12-24/h2-11H,12,14H2,1H3,(H,30,31). The van der Waals surface area contributed by atoms with Gasteiger partial charge in [0.2, 0.25) is 0 Å². The van der Waals surface area contributed by atoms with E-state index in [1.54, 1.807) is 72.4 Å². The molecule has 0 spiro atoms. The first-order valence-corrected chi connectivity index (χ1v) is 9.68. The van der Waals surface area contributed by atoms with Crippen molar-refractivity contribution in [2.24, 2.45) is 0 Å². The van der Waals surface area contributed by atoms with E-state index < -0.39 is 24.9 Å². The summed E-state index contributed by atoms with van der Waals surface area (Å²) in [6.45, 7) is 0.465. The lowest BCUT2D eigenvalue weighted by atomic mass is 10.2. The zero-order chi connectivity index (χ0) is 22.8. The van der Waals surface area contributed by atoms with Gasteiger partial charge in [-0.15, -0.1) is 0 Å². The minimum Gasteiger partial charge on any atom is -0.480 e. The number of imidazole rings is 1. The van der Waals surface area contributed by atoms with Gasteiger partial charge in [-0.3, -0.25) is 13.9 Å². The molecule has 0 amide bonds. The maximum Gasteiger partial charge on any atom is 0.334 e. The molecule has 0 saturated heterocycles. The second kappa shape index (κ2) is 8.35. The molecule has 2 heterocycles. The Morgan fingerprint density at radius 3 is 2.56 bits per heavy atom. The summed E-state index contributed by atoms with van der Waals surface area (Å²) in [6, 6.07) is 16.9. The van der Waals surface area contributed by atoms with Gasteiger partial charge in [0.15, 0.2) is 0 Å². The number of carbonyl (C=O) groups is 1. The summed E-state index contributed by atoms with van der Waals surface area (Å²) >= 11 is 0. The van der Waals surface area contributed by atoms with Gasteiger partial charge in [0.1, 0.15) is 13.2 Å². The van der Waals surface area contributed by atoms with E-state index in [1.165, 1.54) is 4.57 Å². The molecule has 8 nitrogen and oxygen atoms in total. The van der Waals surface area contributed by atoms with Crippen molar-refractivity contribution < 1.29 is 14.3 Å². The second-order valence-corrected chi connectivity index (χ2v) is 7.12. The Hall–Kier alpha value is -4.45. The van der Waals surface area contributed by atoms with Crippen LogP contribution in [0.5, 0.6) is 0 Å². The zero-order valence-corrected chi connectivity index (χ0v) is 17.1. The highest BCUT2D eigenvalue weighted by Gasteiger charge is 2.24. The first-order chi connectivity index (χ1) is 15.4. The normalized spacial score (nSPS) is 10.8. The number of carboxylic acids is 1. The minimum absolute atomic E-state index is 0.380. The molecule has 32 heavy (non-hydrogen) atoms. The van der Waals surface area contributed by atoms with Crippen molar-refractivity contribution in [2.75, 3.05) is 0 Å². The van der Waals surface area contributed by atoms with Gasteiger partial charge in [-0.2, -0.15) is 10.4 Å². The number of aromatic nitrogens is 4. The van der Waals surface area contributed by atoms with Gasteiger partial charge < -0.3 is 5.11 Å². The van der Waals surface area contributed by atoms with E-state index in [1.807, 2.05) is 0 Å². The van der Waals surface area contributed by atoms with Crippen LogP contribution in [0.1, 0.15) is 16.8 Å². The quantitative estimate of drug-likeness (QED) is 0.505. The maximum absolute atomic E-state index is 13.3. The Kier molecular flexibility index (Phi) is 5.43. The predicted octanol–water partition coefficient (Wildman–Crippen LogP) is 3.23. The van der Waals surface area contributed by atoms with Gasteiger partial charge >= 0.3 is 11.7 Å². The molecule has 4 rings (SSSR count). The molecule has 9 heteroatoms. The van der Waals surface area contributed by atoms with Crippen molar-refractivity contribution in [1.29, 1.82) is 5.26 Å². The van der Waals surface area contributed by atoms with Gasteiger partial charge in [0.05, 0.1) is 46.3 Å². The lowest BCUT2D eigenvalue weighted by Gasteiger charge is -2.11. The number of rotatable bonds is 6. The van der Waals surface area contributed by atoms with E-state index in [0.717, 1.165) is 4.57 Å². The summed E-state index contributed by atoms with van der Waals surface area (Å²) in [6.07, 6.45) is 1.55. The Labute approximate surface area is 182 Å². The second-order valence-electron chi connectivity index (χ2n) is 7.12. The highest BCUT2D eigenvalue weighted by atomic mass is 19.1. The van der Waals surface area contributed by atoms with E-state index in [9.17, 15) is 19.1 Å². The van der Waals surface area contributed by atoms with Crippen molar-refractivity contribution in [3.05, 3.63) is 88.1 Å². The number of benzene rings is 2. The number of carboxylic acid groups (broad SMARTS) is 1. The average molecular weight is 431 g/mol. The molecular weight excluding hydrogens is 413 g/mol. The molecule has 160 valence electrons. The minimum atomic E-state index is -1.17. The third-order valence-electron chi connectivity index (χ3n) is 5.11. The lowest BCUT2D eigenvalue weighted by Crippen LogP contribution is -2.27. The van der Waals surface area contributed by atoms with Crippen LogP contribution in [-0.2, 0) is 18.0 Å². The Morgan fingerprint density at radius 2 is 1.91 bits per heavy atom. The van der Waals surface area contributed by atoms with Crippen LogP contribution in [-0.4, -0.2) is 30.0 Å². The Morgan fingerprint density at radius 1 is 1.16 bits per heavy atom. The molecule has 0 aliphatic carbocycles. The van der Waals surface area contributed by atoms with E-state index in [4.69, 9.17) is 5.26 Å². The van der Waals surface area contributed by atoms with Crippen LogP contribution in [0.2, 0.25) is 0 Å². The molecule has 0 radical (unpaired) electrons. The van der Waals surface area contributed by atoms with Crippen LogP contribution in [0.3, 0.4) is 0 Å². The maximum atomic E-state index is 13.3. The molecule has 2 aromatic carbocycles. The van der Waals surface area contributed by atoms with Crippen molar-refractivity contribution in [1.82, 2.24) is 18.9 Å². The number of aliphatic carboxylic acids is 1. The van der Waals surface area contributed by atoms with Gasteiger partial charge in [-0.05, 0) is 55.0 Å². The molecule has 2 aromatic heterocycles. The number of alkyl halides is 1. The van der Waals surface area contributed by atoms with Crippen LogP contribution in [0.15, 0.2) is 65.6 Å². The van der Waals surface area contributed by atoms with Gasteiger partial charge in [0.25, 0.3) is 0 Å². The Bertz CT molecular complexity index is 1410. The van der Waals surface area contributed by atoms with Crippen molar-refractivity contribution >= 4 is 5.97 Å². The lowest BCUT2D eigenvalue weighted by molar-refractivity contribution is -0.137. The number of hydrogen-bond donors (Lipinski definition) is 1. The van der Waals surface area contributed by atoms with E-state index in [-0.39, 0.29) is 0 Å². The highest BCUT2D eigenvalue weighted by molar-refractivity contribution is 5.70. The van der Waals surface area contributed by atoms with Crippen LogP contribution in [0, 0.1) is 18.3 Å². The van der Waals surface area contributed by atoms with E-state index in [0.29, 0.717) is 39.6 Å². The average Bonchev–Trinajstić information content (AvgIpc) is 3.36. The van der Waals surface area contributed by atoms with Crippen LogP contribution in [0.25, 0.3) is 22.8 Å². The predicted molar refractivity (Wildman–Crippen MR) is 114 cm³/mol. The monoisotopic (exact) mass is 431 g/mol. The van der Waals surface area contributed by atoms with Crippen molar-refractivity contribution in [3.8, 4) is 28.8 Å². The van der Waals surface area contributed by atoms with Crippen LogP contribution >= 0.6 is 0 Å². The van der Waals surface area contributed by atoms with Gasteiger partial charge in [-0.25, -0.2) is 13.9 Å². The molecular formula is C23H18FN5O3. The molecule has 0 bridgehead atoms. The molecule has 0 aliphatic heterocycles. The largest absolute Gasteiger partial charge is 0.480 e. The fourth-order valence-electron chi connectivity index (χ4n) is 3.71. The number of halogens is 1. The summed E-state index contributed by atoms with van der Waals surface area (Å²) in [5.74, 6) is -1.17. The Balaban J connectivity index is 1.96. The van der Waals surface area contributed by atoms with Crippen molar-refractivity contribution in [3.63, 3.8) is 0 Å². The van der Waals surface area contributed by atoms with Gasteiger partial charge in [-0.1, -0.05) is 12.1 Å². The molecule has 0 atom stereocenters. The molecule has 1 N–H and O–H groups in total. The van der Waals surface area contributed by atoms with Crippen LogP contribution in [0.4, 0.5) is 4.39 Å². The summed E-state index contributed by atoms with van der Waals surface area (Å²) < 4.78 is 17.3. The number of nitriles is 1. The molecule has 0 saturated carbocycles. The smallest absolute Gasteiger partial charge is 0.334 e. The molecule has 0 fully saturated rings.